The molecule has 144 valence electrons. The van der Waals surface area contributed by atoms with E-state index in [1.165, 1.54) is 33.6 Å². The number of benzene rings is 2. The zero-order valence-corrected chi connectivity index (χ0v) is 16.9. The third-order valence-electron chi connectivity index (χ3n) is 4.32. The molecule has 0 saturated carbocycles. The van der Waals surface area contributed by atoms with Crippen LogP contribution in [-0.4, -0.2) is 24.8 Å². The van der Waals surface area contributed by atoms with E-state index in [1.54, 1.807) is 0 Å². The number of nitrogens with zero attached hydrogens (tertiary/aromatic N) is 2. The molecule has 7 heteroatoms. The van der Waals surface area contributed by atoms with E-state index >= 15 is 0 Å². The molecule has 0 spiro atoms. The minimum absolute atomic E-state index is 0.808. The standard InChI is InChI=1S/C19H21N2.CH4O4S/c1-14-5-9-16(10-6-14)18-13-19(21(4)20(18)3)17-11-7-15(2)8-12-17;1-5-6(2,3)4/h5-13H,1-4H3;1H3,(H,2,3,4)/q+1;/p-1. The molecule has 0 aliphatic carbocycles. The van der Waals surface area contributed by atoms with Gasteiger partial charge in [-0.1, -0.05) is 47.5 Å². The van der Waals surface area contributed by atoms with Crippen molar-refractivity contribution in [2.45, 2.75) is 13.8 Å². The minimum atomic E-state index is -4.41. The first-order chi connectivity index (χ1) is 12.6. The molecule has 0 aliphatic rings. The highest BCUT2D eigenvalue weighted by Crippen LogP contribution is 2.24. The lowest BCUT2D eigenvalue weighted by atomic mass is 10.1. The van der Waals surface area contributed by atoms with Gasteiger partial charge in [0.2, 0.25) is 16.1 Å². The number of aromatic nitrogens is 2. The fraction of sp³-hybridized carbons (Fsp3) is 0.250. The van der Waals surface area contributed by atoms with Gasteiger partial charge in [0.1, 0.15) is 5.69 Å². The molecule has 27 heavy (non-hydrogen) atoms. The van der Waals surface area contributed by atoms with Crippen LogP contribution < -0.4 is 4.68 Å². The van der Waals surface area contributed by atoms with Gasteiger partial charge < -0.3 is 4.55 Å². The molecule has 0 radical (unpaired) electrons. The summed E-state index contributed by atoms with van der Waals surface area (Å²) in [4.78, 5) is 0. The highest BCUT2D eigenvalue weighted by Gasteiger charge is 2.19. The first-order valence-electron chi connectivity index (χ1n) is 8.34. The van der Waals surface area contributed by atoms with E-state index in [9.17, 15) is 13.0 Å². The molecule has 0 atom stereocenters. The van der Waals surface area contributed by atoms with E-state index in [0.717, 1.165) is 7.11 Å². The van der Waals surface area contributed by atoms with Crippen LogP contribution in [0.15, 0.2) is 54.6 Å². The highest BCUT2D eigenvalue weighted by molar-refractivity contribution is 7.80. The Morgan fingerprint density at radius 3 is 1.74 bits per heavy atom. The van der Waals surface area contributed by atoms with E-state index in [0.29, 0.717) is 0 Å². The second-order valence-corrected chi connectivity index (χ2v) is 7.42. The normalized spacial score (nSPS) is 11.0. The maximum absolute atomic E-state index is 9.22. The smallest absolute Gasteiger partial charge is 0.238 e. The summed E-state index contributed by atoms with van der Waals surface area (Å²) in [5.41, 5.74) is 7.53. The average molecular weight is 388 g/mol. The van der Waals surface area contributed by atoms with Crippen molar-refractivity contribution in [3.8, 4) is 22.5 Å². The Balaban J connectivity index is 0.000000380. The molecule has 6 nitrogen and oxygen atoms in total. The summed E-state index contributed by atoms with van der Waals surface area (Å²) >= 11 is 0. The Bertz CT molecular complexity index is 939. The van der Waals surface area contributed by atoms with Crippen molar-refractivity contribution in [2.75, 3.05) is 7.11 Å². The van der Waals surface area contributed by atoms with Crippen LogP contribution >= 0.6 is 0 Å². The summed E-state index contributed by atoms with van der Waals surface area (Å²) < 4.78 is 35.4. The van der Waals surface area contributed by atoms with Gasteiger partial charge in [-0.05, 0) is 26.0 Å². The lowest BCUT2D eigenvalue weighted by Gasteiger charge is -2.00. The van der Waals surface area contributed by atoms with Crippen molar-refractivity contribution in [1.29, 1.82) is 0 Å². The maximum atomic E-state index is 9.22. The Kier molecular flexibility index (Phi) is 6.54. The van der Waals surface area contributed by atoms with Gasteiger partial charge >= 0.3 is 0 Å². The van der Waals surface area contributed by atoms with Gasteiger partial charge in [0, 0.05) is 17.2 Å². The zero-order valence-electron chi connectivity index (χ0n) is 16.1. The van der Waals surface area contributed by atoms with E-state index in [-0.39, 0.29) is 0 Å². The topological polar surface area (TPSA) is 75.2 Å². The first kappa shape index (κ1) is 20.8. The van der Waals surface area contributed by atoms with Crippen LogP contribution in [0.5, 0.6) is 0 Å². The van der Waals surface area contributed by atoms with Crippen molar-refractivity contribution in [2.24, 2.45) is 14.1 Å². The van der Waals surface area contributed by atoms with Crippen LogP contribution in [-0.2, 0) is 28.7 Å². The molecule has 0 fully saturated rings. The maximum Gasteiger partial charge on any atom is 0.238 e. The Labute approximate surface area is 160 Å². The average Bonchev–Trinajstić information content (AvgIpc) is 2.92. The van der Waals surface area contributed by atoms with E-state index < -0.39 is 10.4 Å². The molecular formula is C20H24N2O4S. The van der Waals surface area contributed by atoms with Crippen molar-refractivity contribution in [3.63, 3.8) is 0 Å². The molecule has 0 aliphatic heterocycles. The van der Waals surface area contributed by atoms with Crippen molar-refractivity contribution in [1.82, 2.24) is 4.68 Å². The van der Waals surface area contributed by atoms with Crippen molar-refractivity contribution in [3.05, 3.63) is 65.7 Å². The second-order valence-electron chi connectivity index (χ2n) is 6.27. The lowest BCUT2D eigenvalue weighted by molar-refractivity contribution is -0.740. The molecule has 1 heterocycles. The summed E-state index contributed by atoms with van der Waals surface area (Å²) in [7, 11) is 0.604. The quantitative estimate of drug-likeness (QED) is 0.393. The third kappa shape index (κ3) is 5.50. The highest BCUT2D eigenvalue weighted by atomic mass is 32.3. The van der Waals surface area contributed by atoms with Crippen LogP contribution in [0.2, 0.25) is 0 Å². The minimum Gasteiger partial charge on any atom is -0.726 e. The molecule has 0 saturated heterocycles. The van der Waals surface area contributed by atoms with Gasteiger partial charge in [-0.2, -0.15) is 4.68 Å². The van der Waals surface area contributed by atoms with Gasteiger partial charge in [-0.3, -0.25) is 4.18 Å². The summed E-state index contributed by atoms with van der Waals surface area (Å²) in [6.45, 7) is 4.24. The Morgan fingerprint density at radius 1 is 0.926 bits per heavy atom. The van der Waals surface area contributed by atoms with Gasteiger partial charge in [0.05, 0.1) is 14.2 Å². The molecule has 0 unspecified atom stereocenters. The van der Waals surface area contributed by atoms with Crippen molar-refractivity contribution >= 4 is 10.4 Å². The zero-order chi connectivity index (χ0) is 20.2. The largest absolute Gasteiger partial charge is 0.726 e. The number of rotatable bonds is 3. The van der Waals surface area contributed by atoms with Gasteiger partial charge in [0.15, 0.2) is 7.05 Å². The predicted octanol–water partition coefficient (Wildman–Crippen LogP) is 2.89. The predicted molar refractivity (Wildman–Crippen MR) is 104 cm³/mol. The van der Waals surface area contributed by atoms with Gasteiger partial charge in [-0.15, -0.1) is 4.68 Å². The number of aryl methyl sites for hydroxylation is 2. The Morgan fingerprint density at radius 2 is 1.33 bits per heavy atom. The molecule has 2 aromatic carbocycles. The van der Waals surface area contributed by atoms with Gasteiger partial charge in [-0.25, -0.2) is 8.42 Å². The summed E-state index contributed by atoms with van der Waals surface area (Å²) in [5.74, 6) is 0. The van der Waals surface area contributed by atoms with E-state index in [2.05, 4.69) is 96.1 Å². The summed E-state index contributed by atoms with van der Waals surface area (Å²) in [5, 5.41) is 0. The molecule has 3 aromatic rings. The molecule has 0 bridgehead atoms. The Hall–Kier alpha value is -2.48. The van der Waals surface area contributed by atoms with Crippen molar-refractivity contribution < 1.29 is 21.8 Å². The molecule has 0 N–H and O–H groups in total. The molecule has 3 rings (SSSR count). The van der Waals surface area contributed by atoms with Crippen LogP contribution in [0.4, 0.5) is 0 Å². The SMILES string of the molecule is COS(=O)(=O)[O-].Cc1ccc(-c2cc(-c3ccc(C)cc3)[n+](C)n2C)cc1. The molecule has 0 amide bonds. The number of hydrogen-bond donors (Lipinski definition) is 0. The molecular weight excluding hydrogens is 364 g/mol. The fourth-order valence-electron chi connectivity index (χ4n) is 2.63. The van der Waals surface area contributed by atoms with E-state index in [1.807, 2.05) is 0 Å². The monoisotopic (exact) mass is 388 g/mol. The van der Waals surface area contributed by atoms with Crippen LogP contribution in [0.3, 0.4) is 0 Å². The lowest BCUT2D eigenvalue weighted by Crippen LogP contribution is -2.39. The van der Waals surface area contributed by atoms with E-state index in [4.69, 9.17) is 0 Å². The fourth-order valence-corrected chi connectivity index (χ4v) is 2.63. The van der Waals surface area contributed by atoms with Crippen LogP contribution in [0.1, 0.15) is 11.1 Å². The summed E-state index contributed by atoms with van der Waals surface area (Å²) in [6.07, 6.45) is 0. The summed E-state index contributed by atoms with van der Waals surface area (Å²) in [6, 6.07) is 19.6. The van der Waals surface area contributed by atoms with Gasteiger partial charge in [0.25, 0.3) is 0 Å². The number of hydrogen-bond acceptors (Lipinski definition) is 4. The molecule has 1 aromatic heterocycles. The second kappa shape index (κ2) is 8.47. The first-order valence-corrected chi connectivity index (χ1v) is 9.67. The third-order valence-corrected chi connectivity index (χ3v) is 4.73. The van der Waals surface area contributed by atoms with Crippen LogP contribution in [0.25, 0.3) is 22.5 Å². The van der Waals surface area contributed by atoms with Crippen LogP contribution in [0, 0.1) is 13.8 Å².